The van der Waals surface area contributed by atoms with Crippen LogP contribution in [0, 0.1) is 0 Å². The SMILES string of the molecule is CC(Oc1cccc(Br)c1)C(=O)NCC(C)(C)N.Cl. The number of rotatable bonds is 5. The zero-order chi connectivity index (χ0) is 13.8. The fourth-order valence-corrected chi connectivity index (χ4v) is 1.63. The van der Waals surface area contributed by atoms with E-state index in [1.807, 2.05) is 32.0 Å². The van der Waals surface area contributed by atoms with E-state index in [0.29, 0.717) is 12.3 Å². The summed E-state index contributed by atoms with van der Waals surface area (Å²) in [7, 11) is 0. The molecule has 0 bridgehead atoms. The first-order valence-electron chi connectivity index (χ1n) is 5.77. The van der Waals surface area contributed by atoms with Gasteiger partial charge in [0.15, 0.2) is 6.10 Å². The Balaban J connectivity index is 0.00000324. The van der Waals surface area contributed by atoms with Gasteiger partial charge in [-0.15, -0.1) is 12.4 Å². The number of benzene rings is 1. The Labute approximate surface area is 128 Å². The highest BCUT2D eigenvalue weighted by atomic mass is 79.9. The number of amides is 1. The number of carbonyl (C=O) groups is 1. The van der Waals surface area contributed by atoms with Crippen LogP contribution in [0.25, 0.3) is 0 Å². The Morgan fingerprint density at radius 3 is 2.68 bits per heavy atom. The Morgan fingerprint density at radius 2 is 2.16 bits per heavy atom. The van der Waals surface area contributed by atoms with E-state index in [-0.39, 0.29) is 18.3 Å². The maximum atomic E-state index is 11.8. The number of nitrogens with two attached hydrogens (primary N) is 1. The van der Waals surface area contributed by atoms with E-state index >= 15 is 0 Å². The normalized spacial score (nSPS) is 12.3. The van der Waals surface area contributed by atoms with Crippen molar-refractivity contribution in [2.45, 2.75) is 32.4 Å². The smallest absolute Gasteiger partial charge is 0.260 e. The Hall–Kier alpha value is -0.780. The van der Waals surface area contributed by atoms with Crippen LogP contribution in [0.5, 0.6) is 5.75 Å². The molecule has 0 saturated heterocycles. The molecule has 1 aromatic carbocycles. The molecule has 19 heavy (non-hydrogen) atoms. The lowest BCUT2D eigenvalue weighted by Gasteiger charge is -2.21. The maximum absolute atomic E-state index is 11.8. The van der Waals surface area contributed by atoms with E-state index in [2.05, 4.69) is 21.2 Å². The Bertz CT molecular complexity index is 421. The van der Waals surface area contributed by atoms with Gasteiger partial charge < -0.3 is 15.8 Å². The van der Waals surface area contributed by atoms with Crippen LogP contribution >= 0.6 is 28.3 Å². The topological polar surface area (TPSA) is 64.3 Å². The molecular formula is C13H20BrClN2O2. The molecule has 1 rings (SSSR count). The van der Waals surface area contributed by atoms with E-state index in [1.54, 1.807) is 13.0 Å². The van der Waals surface area contributed by atoms with E-state index < -0.39 is 11.6 Å². The summed E-state index contributed by atoms with van der Waals surface area (Å²) in [6.45, 7) is 5.83. The first kappa shape index (κ1) is 18.2. The number of halogens is 2. The van der Waals surface area contributed by atoms with Crippen molar-refractivity contribution in [3.8, 4) is 5.75 Å². The molecule has 0 aromatic heterocycles. The largest absolute Gasteiger partial charge is 0.481 e. The average molecular weight is 352 g/mol. The van der Waals surface area contributed by atoms with E-state index in [0.717, 1.165) is 4.47 Å². The number of ether oxygens (including phenoxy) is 1. The molecule has 0 fully saturated rings. The number of carbonyl (C=O) groups excluding carboxylic acids is 1. The van der Waals surface area contributed by atoms with Crippen molar-refractivity contribution in [2.75, 3.05) is 6.54 Å². The van der Waals surface area contributed by atoms with Crippen molar-refractivity contribution < 1.29 is 9.53 Å². The minimum atomic E-state index is -0.554. The van der Waals surface area contributed by atoms with Gasteiger partial charge in [-0.2, -0.15) is 0 Å². The standard InChI is InChI=1S/C13H19BrN2O2.ClH/c1-9(12(17)16-8-13(2,3)15)18-11-6-4-5-10(14)7-11;/h4-7,9H,8,15H2,1-3H3,(H,16,17);1H. The summed E-state index contributed by atoms with van der Waals surface area (Å²) < 4.78 is 6.45. The van der Waals surface area contributed by atoms with Crippen LogP contribution < -0.4 is 15.8 Å². The van der Waals surface area contributed by atoms with Gasteiger partial charge in [0.1, 0.15) is 5.75 Å². The molecule has 0 radical (unpaired) electrons. The second-order valence-corrected chi connectivity index (χ2v) is 5.84. The van der Waals surface area contributed by atoms with E-state index in [1.165, 1.54) is 0 Å². The molecule has 0 heterocycles. The predicted octanol–water partition coefficient (Wildman–Crippen LogP) is 2.49. The molecule has 108 valence electrons. The van der Waals surface area contributed by atoms with Crippen LogP contribution in [0.4, 0.5) is 0 Å². The van der Waals surface area contributed by atoms with Crippen LogP contribution in [-0.2, 0) is 4.79 Å². The highest BCUT2D eigenvalue weighted by molar-refractivity contribution is 9.10. The molecule has 1 aromatic rings. The zero-order valence-electron chi connectivity index (χ0n) is 11.3. The maximum Gasteiger partial charge on any atom is 0.260 e. The number of nitrogens with one attached hydrogen (secondary N) is 1. The molecule has 4 nitrogen and oxygen atoms in total. The van der Waals surface area contributed by atoms with Gasteiger partial charge >= 0.3 is 0 Å². The van der Waals surface area contributed by atoms with Gasteiger partial charge in [0.25, 0.3) is 5.91 Å². The summed E-state index contributed by atoms with van der Waals surface area (Å²) in [5, 5.41) is 2.76. The summed E-state index contributed by atoms with van der Waals surface area (Å²) in [5.74, 6) is 0.479. The molecule has 0 aliphatic carbocycles. The highest BCUT2D eigenvalue weighted by Crippen LogP contribution is 2.18. The Kier molecular flexibility index (Phi) is 7.41. The van der Waals surface area contributed by atoms with E-state index in [9.17, 15) is 4.79 Å². The van der Waals surface area contributed by atoms with Gasteiger partial charge in [-0.1, -0.05) is 22.0 Å². The summed E-state index contributed by atoms with van der Waals surface area (Å²) >= 11 is 3.35. The van der Waals surface area contributed by atoms with Gasteiger partial charge in [0.05, 0.1) is 0 Å². The van der Waals surface area contributed by atoms with Gasteiger partial charge in [-0.3, -0.25) is 4.79 Å². The lowest BCUT2D eigenvalue weighted by molar-refractivity contribution is -0.127. The van der Waals surface area contributed by atoms with Gasteiger partial charge in [0, 0.05) is 16.6 Å². The first-order valence-corrected chi connectivity index (χ1v) is 6.56. The van der Waals surface area contributed by atoms with Crippen LogP contribution in [0.3, 0.4) is 0 Å². The third-order valence-electron chi connectivity index (χ3n) is 2.20. The molecule has 0 saturated carbocycles. The van der Waals surface area contributed by atoms with E-state index in [4.69, 9.17) is 10.5 Å². The lowest BCUT2D eigenvalue weighted by atomic mass is 10.1. The van der Waals surface area contributed by atoms with Crippen LogP contribution in [0.1, 0.15) is 20.8 Å². The number of hydrogen-bond donors (Lipinski definition) is 2. The molecule has 3 N–H and O–H groups in total. The van der Waals surface area contributed by atoms with Crippen molar-refractivity contribution in [2.24, 2.45) is 5.73 Å². The number of hydrogen-bond acceptors (Lipinski definition) is 3. The van der Waals surface area contributed by atoms with Crippen LogP contribution in [0.15, 0.2) is 28.7 Å². The molecule has 1 unspecified atom stereocenters. The third kappa shape index (κ3) is 7.40. The van der Waals surface area contributed by atoms with Crippen LogP contribution in [0.2, 0.25) is 0 Å². The summed E-state index contributed by atoms with van der Waals surface area (Å²) in [6.07, 6.45) is -0.554. The van der Waals surface area contributed by atoms with Gasteiger partial charge in [-0.05, 0) is 39.0 Å². The van der Waals surface area contributed by atoms with Crippen molar-refractivity contribution in [3.05, 3.63) is 28.7 Å². The molecule has 0 aliphatic heterocycles. The second kappa shape index (κ2) is 7.72. The lowest BCUT2D eigenvalue weighted by Crippen LogP contribution is -2.48. The summed E-state index contributed by atoms with van der Waals surface area (Å²) in [4.78, 5) is 11.8. The molecule has 1 atom stereocenters. The zero-order valence-corrected chi connectivity index (χ0v) is 13.7. The van der Waals surface area contributed by atoms with Gasteiger partial charge in [-0.25, -0.2) is 0 Å². The Morgan fingerprint density at radius 1 is 1.53 bits per heavy atom. The van der Waals surface area contributed by atoms with Crippen molar-refractivity contribution in [3.63, 3.8) is 0 Å². The summed E-state index contributed by atoms with van der Waals surface area (Å²) in [5.41, 5.74) is 5.37. The van der Waals surface area contributed by atoms with Crippen molar-refractivity contribution in [1.82, 2.24) is 5.32 Å². The minimum Gasteiger partial charge on any atom is -0.481 e. The fraction of sp³-hybridized carbons (Fsp3) is 0.462. The molecule has 1 amide bonds. The van der Waals surface area contributed by atoms with Crippen molar-refractivity contribution in [1.29, 1.82) is 0 Å². The highest BCUT2D eigenvalue weighted by Gasteiger charge is 2.18. The molecule has 6 heteroatoms. The van der Waals surface area contributed by atoms with Crippen molar-refractivity contribution >= 4 is 34.2 Å². The second-order valence-electron chi connectivity index (χ2n) is 4.92. The monoisotopic (exact) mass is 350 g/mol. The fourth-order valence-electron chi connectivity index (χ4n) is 1.26. The predicted molar refractivity (Wildman–Crippen MR) is 82.8 cm³/mol. The molecular weight excluding hydrogens is 332 g/mol. The molecule has 0 spiro atoms. The summed E-state index contributed by atoms with van der Waals surface area (Å²) in [6, 6.07) is 7.37. The molecule has 0 aliphatic rings. The minimum absolute atomic E-state index is 0. The third-order valence-corrected chi connectivity index (χ3v) is 2.69. The quantitative estimate of drug-likeness (QED) is 0.856. The van der Waals surface area contributed by atoms with Gasteiger partial charge in [0.2, 0.25) is 0 Å². The van der Waals surface area contributed by atoms with Crippen LogP contribution in [-0.4, -0.2) is 24.1 Å². The first-order chi connectivity index (χ1) is 8.28. The average Bonchev–Trinajstić information content (AvgIpc) is 2.24.